The van der Waals surface area contributed by atoms with E-state index in [4.69, 9.17) is 0 Å². The smallest absolute Gasteiger partial charge is 0.141 e. The van der Waals surface area contributed by atoms with Crippen molar-refractivity contribution in [2.75, 3.05) is 7.05 Å². The molecule has 3 nitrogen and oxygen atoms in total. The van der Waals surface area contributed by atoms with Crippen LogP contribution < -0.4 is 5.32 Å². The highest BCUT2D eigenvalue weighted by atomic mass is 14.9. The number of hydrogen-bond donors (Lipinski definition) is 1. The van der Waals surface area contributed by atoms with E-state index in [1.807, 2.05) is 37.6 Å². The molecule has 1 aromatic heterocycles. The van der Waals surface area contributed by atoms with Crippen molar-refractivity contribution in [3.63, 3.8) is 0 Å². The van der Waals surface area contributed by atoms with Gasteiger partial charge in [-0.15, -0.1) is 0 Å². The summed E-state index contributed by atoms with van der Waals surface area (Å²) in [5, 5.41) is 3.02. The quantitative estimate of drug-likeness (QED) is 0.820. The predicted octanol–water partition coefficient (Wildman–Crippen LogP) is 1.86. The Hall–Kier alpha value is -1.74. The standard InChI is InChI=1S/C12H13N3/c1-13-9-12-14-7-11(8-15-12)10-5-3-2-4-6-10/h2-8,13H,9H2,1H3. The van der Waals surface area contributed by atoms with Gasteiger partial charge in [0.05, 0.1) is 6.54 Å². The molecule has 0 radical (unpaired) electrons. The van der Waals surface area contributed by atoms with E-state index >= 15 is 0 Å². The van der Waals surface area contributed by atoms with Crippen LogP contribution in [0.2, 0.25) is 0 Å². The Bertz CT molecular complexity index is 409. The Kier molecular flexibility index (Phi) is 3.05. The molecule has 0 aliphatic rings. The van der Waals surface area contributed by atoms with Gasteiger partial charge in [0.1, 0.15) is 5.82 Å². The second-order valence-electron chi connectivity index (χ2n) is 3.28. The molecule has 1 aromatic carbocycles. The second-order valence-corrected chi connectivity index (χ2v) is 3.28. The minimum atomic E-state index is 0.703. The molecule has 15 heavy (non-hydrogen) atoms. The average Bonchev–Trinajstić information content (AvgIpc) is 2.32. The minimum absolute atomic E-state index is 0.703. The van der Waals surface area contributed by atoms with E-state index in [1.54, 1.807) is 0 Å². The lowest BCUT2D eigenvalue weighted by atomic mass is 10.1. The number of aromatic nitrogens is 2. The fourth-order valence-corrected chi connectivity index (χ4v) is 1.38. The Morgan fingerprint density at radius 1 is 1.00 bits per heavy atom. The first-order valence-corrected chi connectivity index (χ1v) is 4.91. The van der Waals surface area contributed by atoms with E-state index < -0.39 is 0 Å². The zero-order chi connectivity index (χ0) is 10.5. The lowest BCUT2D eigenvalue weighted by Gasteiger charge is -2.01. The molecule has 1 N–H and O–H groups in total. The number of hydrogen-bond acceptors (Lipinski definition) is 3. The summed E-state index contributed by atoms with van der Waals surface area (Å²) in [5.74, 6) is 0.817. The average molecular weight is 199 g/mol. The molecule has 0 bridgehead atoms. The van der Waals surface area contributed by atoms with E-state index in [2.05, 4.69) is 27.4 Å². The summed E-state index contributed by atoms with van der Waals surface area (Å²) in [5.41, 5.74) is 2.20. The number of nitrogens with one attached hydrogen (secondary N) is 1. The van der Waals surface area contributed by atoms with Crippen molar-refractivity contribution in [3.8, 4) is 11.1 Å². The van der Waals surface area contributed by atoms with Crippen LogP contribution in [0.1, 0.15) is 5.82 Å². The number of benzene rings is 1. The third-order valence-corrected chi connectivity index (χ3v) is 2.15. The zero-order valence-corrected chi connectivity index (χ0v) is 8.64. The third-order valence-electron chi connectivity index (χ3n) is 2.15. The normalized spacial score (nSPS) is 10.2. The van der Waals surface area contributed by atoms with Gasteiger partial charge in [0.2, 0.25) is 0 Å². The fraction of sp³-hybridized carbons (Fsp3) is 0.167. The SMILES string of the molecule is CNCc1ncc(-c2ccccc2)cn1. The van der Waals surface area contributed by atoms with Gasteiger partial charge < -0.3 is 5.32 Å². The molecular weight excluding hydrogens is 186 g/mol. The van der Waals surface area contributed by atoms with Crippen molar-refractivity contribution in [1.82, 2.24) is 15.3 Å². The van der Waals surface area contributed by atoms with Gasteiger partial charge in [-0.2, -0.15) is 0 Å². The molecule has 0 amide bonds. The van der Waals surface area contributed by atoms with E-state index in [0.29, 0.717) is 6.54 Å². The molecule has 0 spiro atoms. The maximum Gasteiger partial charge on any atom is 0.141 e. The van der Waals surface area contributed by atoms with Crippen LogP contribution in [-0.4, -0.2) is 17.0 Å². The van der Waals surface area contributed by atoms with Gasteiger partial charge in [-0.3, -0.25) is 0 Å². The van der Waals surface area contributed by atoms with Gasteiger partial charge >= 0.3 is 0 Å². The number of nitrogens with zero attached hydrogens (tertiary/aromatic N) is 2. The predicted molar refractivity (Wildman–Crippen MR) is 60.2 cm³/mol. The van der Waals surface area contributed by atoms with Gasteiger partial charge in [0, 0.05) is 18.0 Å². The maximum absolute atomic E-state index is 4.27. The summed E-state index contributed by atoms with van der Waals surface area (Å²) in [6, 6.07) is 10.1. The van der Waals surface area contributed by atoms with Gasteiger partial charge in [0.25, 0.3) is 0 Å². The van der Waals surface area contributed by atoms with Crippen LogP contribution in [0.3, 0.4) is 0 Å². The first-order valence-electron chi connectivity index (χ1n) is 4.91. The van der Waals surface area contributed by atoms with Crippen molar-refractivity contribution < 1.29 is 0 Å². The highest BCUT2D eigenvalue weighted by molar-refractivity contribution is 5.60. The Morgan fingerprint density at radius 3 is 2.27 bits per heavy atom. The molecule has 0 fully saturated rings. The fourth-order valence-electron chi connectivity index (χ4n) is 1.38. The molecule has 2 rings (SSSR count). The lowest BCUT2D eigenvalue weighted by Crippen LogP contribution is -2.08. The highest BCUT2D eigenvalue weighted by Crippen LogP contribution is 2.15. The molecule has 0 aliphatic heterocycles. The Labute approximate surface area is 89.2 Å². The minimum Gasteiger partial charge on any atom is -0.313 e. The van der Waals surface area contributed by atoms with Crippen LogP contribution in [0.15, 0.2) is 42.7 Å². The van der Waals surface area contributed by atoms with E-state index in [9.17, 15) is 0 Å². The molecule has 3 heteroatoms. The molecule has 0 atom stereocenters. The summed E-state index contributed by atoms with van der Waals surface area (Å²) in [6.07, 6.45) is 3.71. The molecule has 2 aromatic rings. The molecule has 76 valence electrons. The molecule has 0 unspecified atom stereocenters. The van der Waals surface area contributed by atoms with Gasteiger partial charge in [-0.1, -0.05) is 30.3 Å². The Morgan fingerprint density at radius 2 is 1.67 bits per heavy atom. The van der Waals surface area contributed by atoms with Gasteiger partial charge in [-0.25, -0.2) is 9.97 Å². The first kappa shape index (κ1) is 9.80. The lowest BCUT2D eigenvalue weighted by molar-refractivity contribution is 0.758. The molecule has 0 saturated carbocycles. The maximum atomic E-state index is 4.27. The monoisotopic (exact) mass is 199 g/mol. The third kappa shape index (κ3) is 2.39. The highest BCUT2D eigenvalue weighted by Gasteiger charge is 1.98. The first-order chi connectivity index (χ1) is 7.40. The summed E-state index contributed by atoms with van der Waals surface area (Å²) in [4.78, 5) is 8.54. The van der Waals surface area contributed by atoms with Crippen molar-refractivity contribution in [2.24, 2.45) is 0 Å². The van der Waals surface area contributed by atoms with Crippen LogP contribution in [0, 0.1) is 0 Å². The second kappa shape index (κ2) is 4.66. The van der Waals surface area contributed by atoms with Gasteiger partial charge in [-0.05, 0) is 12.6 Å². The molecule has 0 saturated heterocycles. The van der Waals surface area contributed by atoms with Crippen molar-refractivity contribution in [2.45, 2.75) is 6.54 Å². The zero-order valence-electron chi connectivity index (χ0n) is 8.64. The largest absolute Gasteiger partial charge is 0.313 e. The van der Waals surface area contributed by atoms with E-state index in [-0.39, 0.29) is 0 Å². The Balaban J connectivity index is 2.24. The summed E-state index contributed by atoms with van der Waals surface area (Å²) < 4.78 is 0. The summed E-state index contributed by atoms with van der Waals surface area (Å²) in [6.45, 7) is 0.703. The molecular formula is C12H13N3. The summed E-state index contributed by atoms with van der Waals surface area (Å²) >= 11 is 0. The van der Waals surface area contributed by atoms with Crippen molar-refractivity contribution in [1.29, 1.82) is 0 Å². The van der Waals surface area contributed by atoms with Crippen LogP contribution in [0.25, 0.3) is 11.1 Å². The topological polar surface area (TPSA) is 37.8 Å². The van der Waals surface area contributed by atoms with Crippen LogP contribution in [0.4, 0.5) is 0 Å². The van der Waals surface area contributed by atoms with E-state index in [1.165, 1.54) is 0 Å². The van der Waals surface area contributed by atoms with E-state index in [0.717, 1.165) is 17.0 Å². The van der Waals surface area contributed by atoms with Crippen molar-refractivity contribution >= 4 is 0 Å². The van der Waals surface area contributed by atoms with Crippen LogP contribution >= 0.6 is 0 Å². The van der Waals surface area contributed by atoms with Gasteiger partial charge in [0.15, 0.2) is 0 Å². The molecule has 0 aliphatic carbocycles. The number of rotatable bonds is 3. The van der Waals surface area contributed by atoms with Crippen molar-refractivity contribution in [3.05, 3.63) is 48.5 Å². The molecule has 1 heterocycles. The van der Waals surface area contributed by atoms with Crippen LogP contribution in [-0.2, 0) is 6.54 Å². The summed E-state index contributed by atoms with van der Waals surface area (Å²) in [7, 11) is 1.88. The van der Waals surface area contributed by atoms with Crippen LogP contribution in [0.5, 0.6) is 0 Å².